The molecule has 2 aliphatic rings. The Hall–Kier alpha value is -0.260. The monoisotopic (exact) mass is 315 g/mol. The van der Waals surface area contributed by atoms with Crippen LogP contribution in [0.3, 0.4) is 0 Å². The molecule has 2 fully saturated rings. The van der Waals surface area contributed by atoms with E-state index in [9.17, 15) is 5.11 Å². The van der Waals surface area contributed by atoms with Gasteiger partial charge in [-0.1, -0.05) is 15.9 Å². The summed E-state index contributed by atoms with van der Waals surface area (Å²) in [7, 11) is 2.00. The molecule has 0 amide bonds. The Kier molecular flexibility index (Phi) is 4.56. The summed E-state index contributed by atoms with van der Waals surface area (Å²) in [5, 5.41) is 17.0. The molecule has 0 radical (unpaired) electrons. The van der Waals surface area contributed by atoms with Gasteiger partial charge in [-0.25, -0.2) is 0 Å². The molecule has 2 rings (SSSR count). The molecule has 0 aromatic heterocycles. The topological polar surface area (TPSA) is 59.7 Å². The third-order valence-corrected chi connectivity index (χ3v) is 4.82. The summed E-state index contributed by atoms with van der Waals surface area (Å²) in [5.41, 5.74) is 0.329. The standard InChI is InChI=1S/C13H22BrN3O/c1-17-9-13(6-12(17)18)4-2-11(3-5-13)16-8-10(14)7-15/h7-8,10-12,15,18H,2-6,9H2,1H3. The number of hydrogen-bond acceptors (Lipinski definition) is 4. The Morgan fingerprint density at radius 1 is 1.50 bits per heavy atom. The normalized spacial score (nSPS) is 39.5. The fraction of sp³-hybridized carbons (Fsp3) is 0.846. The van der Waals surface area contributed by atoms with Gasteiger partial charge in [-0.05, 0) is 44.6 Å². The van der Waals surface area contributed by atoms with Gasteiger partial charge in [-0.2, -0.15) is 0 Å². The van der Waals surface area contributed by atoms with Crippen LogP contribution in [0.2, 0.25) is 0 Å². The van der Waals surface area contributed by atoms with Crippen molar-refractivity contribution in [3.63, 3.8) is 0 Å². The summed E-state index contributed by atoms with van der Waals surface area (Å²) in [4.78, 5) is 6.58. The van der Waals surface area contributed by atoms with E-state index < -0.39 is 0 Å². The molecule has 1 spiro atoms. The highest BCUT2D eigenvalue weighted by Crippen LogP contribution is 2.45. The second kappa shape index (κ2) is 5.80. The highest BCUT2D eigenvalue weighted by molar-refractivity contribution is 9.10. The smallest absolute Gasteiger partial charge is 0.107 e. The Labute approximate surface area is 117 Å². The van der Waals surface area contributed by atoms with Crippen LogP contribution in [-0.4, -0.2) is 53.1 Å². The summed E-state index contributed by atoms with van der Waals surface area (Å²) in [6.07, 6.45) is 8.36. The molecule has 2 unspecified atom stereocenters. The van der Waals surface area contributed by atoms with Gasteiger partial charge < -0.3 is 10.5 Å². The van der Waals surface area contributed by atoms with E-state index in [1.54, 1.807) is 0 Å². The highest BCUT2D eigenvalue weighted by atomic mass is 79.9. The van der Waals surface area contributed by atoms with E-state index in [1.165, 1.54) is 6.21 Å². The first-order valence-corrected chi connectivity index (χ1v) is 7.52. The largest absolute Gasteiger partial charge is 0.378 e. The Morgan fingerprint density at radius 3 is 2.67 bits per heavy atom. The van der Waals surface area contributed by atoms with Crippen molar-refractivity contribution in [1.29, 1.82) is 5.41 Å². The lowest BCUT2D eigenvalue weighted by atomic mass is 9.72. The van der Waals surface area contributed by atoms with Gasteiger partial charge in [0, 0.05) is 25.0 Å². The molecule has 1 saturated heterocycles. The van der Waals surface area contributed by atoms with Crippen LogP contribution in [0.15, 0.2) is 4.99 Å². The van der Waals surface area contributed by atoms with Gasteiger partial charge in [0.15, 0.2) is 0 Å². The van der Waals surface area contributed by atoms with E-state index in [4.69, 9.17) is 5.41 Å². The molecule has 1 aliphatic carbocycles. The van der Waals surface area contributed by atoms with Gasteiger partial charge >= 0.3 is 0 Å². The number of aliphatic imine (C=N–C) groups is 1. The highest BCUT2D eigenvalue weighted by Gasteiger charge is 2.43. The number of nitrogens with zero attached hydrogens (tertiary/aromatic N) is 2. The molecule has 5 heteroatoms. The zero-order chi connectivity index (χ0) is 13.2. The summed E-state index contributed by atoms with van der Waals surface area (Å²) in [5.74, 6) is 0. The maximum Gasteiger partial charge on any atom is 0.107 e. The number of likely N-dealkylation sites (tertiary alicyclic amines) is 1. The van der Waals surface area contributed by atoms with Gasteiger partial charge in [0.2, 0.25) is 0 Å². The zero-order valence-corrected chi connectivity index (χ0v) is 12.4. The van der Waals surface area contributed by atoms with Crippen LogP contribution in [0.25, 0.3) is 0 Å². The van der Waals surface area contributed by atoms with E-state index in [0.717, 1.165) is 38.6 Å². The van der Waals surface area contributed by atoms with Crippen molar-refractivity contribution in [2.24, 2.45) is 10.4 Å². The molecule has 1 heterocycles. The lowest BCUT2D eigenvalue weighted by Gasteiger charge is -2.35. The van der Waals surface area contributed by atoms with Crippen LogP contribution in [0, 0.1) is 10.8 Å². The lowest BCUT2D eigenvalue weighted by Crippen LogP contribution is -2.31. The van der Waals surface area contributed by atoms with Crippen LogP contribution in [0.1, 0.15) is 32.1 Å². The van der Waals surface area contributed by atoms with E-state index in [-0.39, 0.29) is 11.1 Å². The number of aliphatic hydroxyl groups is 1. The Balaban J connectivity index is 1.85. The summed E-state index contributed by atoms with van der Waals surface area (Å²) in [6.45, 7) is 1.02. The molecule has 4 nitrogen and oxygen atoms in total. The minimum atomic E-state index is -0.255. The minimum Gasteiger partial charge on any atom is -0.378 e. The van der Waals surface area contributed by atoms with Crippen molar-refractivity contribution >= 4 is 28.4 Å². The van der Waals surface area contributed by atoms with Crippen LogP contribution in [-0.2, 0) is 0 Å². The predicted molar refractivity (Wildman–Crippen MR) is 77.9 cm³/mol. The zero-order valence-electron chi connectivity index (χ0n) is 10.8. The molecular formula is C13H22BrN3O. The van der Waals surface area contributed by atoms with Crippen molar-refractivity contribution in [3.05, 3.63) is 0 Å². The fourth-order valence-corrected chi connectivity index (χ4v) is 3.35. The second-order valence-corrected chi connectivity index (χ2v) is 6.80. The Morgan fingerprint density at radius 2 is 2.17 bits per heavy atom. The van der Waals surface area contributed by atoms with Gasteiger partial charge in [-0.15, -0.1) is 0 Å². The summed E-state index contributed by atoms with van der Waals surface area (Å²) >= 11 is 3.35. The van der Waals surface area contributed by atoms with Gasteiger partial charge in [-0.3, -0.25) is 9.89 Å². The molecule has 0 aromatic carbocycles. The third-order valence-electron chi connectivity index (χ3n) is 4.32. The van der Waals surface area contributed by atoms with E-state index in [0.29, 0.717) is 11.5 Å². The van der Waals surface area contributed by atoms with Crippen molar-refractivity contribution in [1.82, 2.24) is 4.90 Å². The van der Waals surface area contributed by atoms with Crippen LogP contribution in [0.4, 0.5) is 0 Å². The summed E-state index contributed by atoms with van der Waals surface area (Å²) in [6, 6.07) is 0.402. The molecular weight excluding hydrogens is 294 g/mol. The number of nitrogens with one attached hydrogen (secondary N) is 1. The van der Waals surface area contributed by atoms with Crippen molar-refractivity contribution in [3.8, 4) is 0 Å². The molecule has 102 valence electrons. The number of rotatable bonds is 3. The first-order chi connectivity index (χ1) is 8.54. The predicted octanol–water partition coefficient (Wildman–Crippen LogP) is 2.05. The maximum absolute atomic E-state index is 9.85. The average molecular weight is 316 g/mol. The Bertz CT molecular complexity index is 314. The number of aliphatic hydroxyl groups excluding tert-OH is 1. The van der Waals surface area contributed by atoms with Gasteiger partial charge in [0.1, 0.15) is 6.23 Å². The average Bonchev–Trinajstić information content (AvgIpc) is 2.63. The minimum absolute atomic E-state index is 0.0344. The van der Waals surface area contributed by atoms with Gasteiger partial charge in [0.25, 0.3) is 0 Å². The van der Waals surface area contributed by atoms with Crippen molar-refractivity contribution in [2.75, 3.05) is 13.6 Å². The van der Waals surface area contributed by atoms with E-state index in [1.807, 2.05) is 13.3 Å². The SMILES string of the molecule is CN1CC2(CCC(N=CC(Br)C=N)CC2)CC1O. The molecule has 0 bridgehead atoms. The molecule has 2 N–H and O–H groups in total. The van der Waals surface area contributed by atoms with Crippen molar-refractivity contribution in [2.45, 2.75) is 49.2 Å². The van der Waals surface area contributed by atoms with Gasteiger partial charge in [0.05, 0.1) is 4.83 Å². The van der Waals surface area contributed by atoms with E-state index >= 15 is 0 Å². The second-order valence-electron chi connectivity index (χ2n) is 5.74. The number of alkyl halides is 1. The number of halogens is 1. The molecule has 0 aromatic rings. The van der Waals surface area contributed by atoms with Crippen LogP contribution in [0.5, 0.6) is 0 Å². The first-order valence-electron chi connectivity index (χ1n) is 6.61. The molecule has 2 atom stereocenters. The summed E-state index contributed by atoms with van der Waals surface area (Å²) < 4.78 is 0. The number of hydrogen-bond donors (Lipinski definition) is 2. The molecule has 18 heavy (non-hydrogen) atoms. The molecule has 1 saturated carbocycles. The lowest BCUT2D eigenvalue weighted by molar-refractivity contribution is 0.0559. The fourth-order valence-electron chi connectivity index (χ4n) is 3.22. The maximum atomic E-state index is 9.85. The van der Waals surface area contributed by atoms with Crippen molar-refractivity contribution < 1.29 is 5.11 Å². The van der Waals surface area contributed by atoms with Crippen LogP contribution >= 0.6 is 15.9 Å². The van der Waals surface area contributed by atoms with Crippen LogP contribution < -0.4 is 0 Å². The quantitative estimate of drug-likeness (QED) is 0.618. The van der Waals surface area contributed by atoms with E-state index in [2.05, 4.69) is 25.8 Å². The first kappa shape index (κ1) is 14.2. The third kappa shape index (κ3) is 3.19. The molecule has 1 aliphatic heterocycles.